The van der Waals surface area contributed by atoms with E-state index in [4.69, 9.17) is 4.18 Å². The number of benzene rings is 1. The third-order valence-electron chi connectivity index (χ3n) is 8.94. The van der Waals surface area contributed by atoms with Crippen molar-refractivity contribution < 1.29 is 17.7 Å². The zero-order valence-corrected chi connectivity index (χ0v) is 16.9. The van der Waals surface area contributed by atoms with E-state index in [1.54, 1.807) is 6.07 Å². The number of hydrogen-bond donors (Lipinski definition) is 2. The van der Waals surface area contributed by atoms with Crippen LogP contribution in [-0.2, 0) is 16.7 Å². The molecule has 5 rings (SSSR count). The standard InChI is InChI=1S/C21H29NO4S/c1-19-8-7-17-16-5-4-15(26-27(24,25)22-2)13-14(16)3-6-18(17)20(19)9-11-21(19,23)12-10-20/h4-5,13,17-18,22-23H,3,6-12H2,1-2H3/t17-,18-,19+,20?,21?/m1/s1. The Hall–Kier alpha value is -1.11. The molecule has 1 aromatic rings. The molecule has 1 aromatic carbocycles. The summed E-state index contributed by atoms with van der Waals surface area (Å²) in [5, 5.41) is 11.3. The van der Waals surface area contributed by atoms with Crippen molar-refractivity contribution in [3.05, 3.63) is 29.3 Å². The first-order valence-corrected chi connectivity index (χ1v) is 11.6. The van der Waals surface area contributed by atoms with Gasteiger partial charge in [0.1, 0.15) is 5.75 Å². The fourth-order valence-electron chi connectivity index (χ4n) is 7.51. The maximum absolute atomic E-state index is 11.7. The molecule has 4 aliphatic carbocycles. The van der Waals surface area contributed by atoms with Crippen LogP contribution >= 0.6 is 0 Å². The van der Waals surface area contributed by atoms with Crippen molar-refractivity contribution in [3.8, 4) is 5.75 Å². The molecule has 27 heavy (non-hydrogen) atoms. The second-order valence-electron chi connectivity index (χ2n) is 9.41. The summed E-state index contributed by atoms with van der Waals surface area (Å²) in [5.41, 5.74) is 2.51. The lowest BCUT2D eigenvalue weighted by Gasteiger charge is -2.56. The molecule has 0 amide bonds. The Morgan fingerprint density at radius 1 is 1.15 bits per heavy atom. The molecule has 6 heteroatoms. The number of aryl methyl sites for hydroxylation is 1. The van der Waals surface area contributed by atoms with Crippen LogP contribution in [0.1, 0.15) is 68.9 Å². The van der Waals surface area contributed by atoms with E-state index in [-0.39, 0.29) is 10.8 Å². The Labute approximate surface area is 161 Å². The maximum Gasteiger partial charge on any atom is 0.382 e. The molecule has 3 saturated carbocycles. The second kappa shape index (κ2) is 5.49. The van der Waals surface area contributed by atoms with Crippen LogP contribution in [0.5, 0.6) is 5.75 Å². The van der Waals surface area contributed by atoms with Crippen LogP contribution in [-0.4, -0.2) is 26.2 Å². The van der Waals surface area contributed by atoms with Gasteiger partial charge in [-0.1, -0.05) is 13.0 Å². The van der Waals surface area contributed by atoms with Gasteiger partial charge in [0.15, 0.2) is 0 Å². The van der Waals surface area contributed by atoms with Crippen molar-refractivity contribution >= 4 is 10.3 Å². The van der Waals surface area contributed by atoms with Gasteiger partial charge in [-0.05, 0) is 91.9 Å². The van der Waals surface area contributed by atoms with Crippen molar-refractivity contribution in [1.29, 1.82) is 0 Å². The van der Waals surface area contributed by atoms with Gasteiger partial charge in [-0.2, -0.15) is 13.1 Å². The minimum absolute atomic E-state index is 0.0720. The van der Waals surface area contributed by atoms with E-state index < -0.39 is 15.9 Å². The smallest absolute Gasteiger partial charge is 0.382 e. The number of rotatable bonds is 3. The number of nitrogens with one attached hydrogen (secondary N) is 1. The predicted octanol–water partition coefficient (Wildman–Crippen LogP) is 3.28. The Balaban J connectivity index is 1.49. The Kier molecular flexibility index (Phi) is 3.65. The van der Waals surface area contributed by atoms with Gasteiger partial charge in [0, 0.05) is 12.5 Å². The first-order chi connectivity index (χ1) is 12.7. The van der Waals surface area contributed by atoms with Crippen LogP contribution in [0.2, 0.25) is 0 Å². The first kappa shape index (κ1) is 18.0. The molecule has 148 valence electrons. The van der Waals surface area contributed by atoms with Gasteiger partial charge in [0.2, 0.25) is 0 Å². The van der Waals surface area contributed by atoms with Crippen LogP contribution in [0, 0.1) is 16.7 Å². The molecule has 2 bridgehead atoms. The molecule has 4 aliphatic rings. The molecular formula is C21H29NO4S. The fourth-order valence-corrected chi connectivity index (χ4v) is 7.95. The minimum Gasteiger partial charge on any atom is -0.389 e. The summed E-state index contributed by atoms with van der Waals surface area (Å²) in [6, 6.07) is 5.79. The van der Waals surface area contributed by atoms with Crippen LogP contribution in [0.15, 0.2) is 18.2 Å². The molecule has 5 nitrogen and oxygen atoms in total. The van der Waals surface area contributed by atoms with Crippen LogP contribution < -0.4 is 8.91 Å². The Morgan fingerprint density at radius 2 is 1.89 bits per heavy atom. The van der Waals surface area contributed by atoms with Gasteiger partial charge in [0.25, 0.3) is 0 Å². The zero-order chi connectivity index (χ0) is 19.1. The Bertz CT molecular complexity index is 887. The van der Waals surface area contributed by atoms with E-state index in [9.17, 15) is 13.5 Å². The van der Waals surface area contributed by atoms with Crippen LogP contribution in [0.4, 0.5) is 0 Å². The second-order valence-corrected chi connectivity index (χ2v) is 10.9. The third kappa shape index (κ3) is 2.21. The normalized spacial score (nSPS) is 42.3. The summed E-state index contributed by atoms with van der Waals surface area (Å²) in [6.07, 6.45) is 8.57. The summed E-state index contributed by atoms with van der Waals surface area (Å²) < 4.78 is 30.7. The lowest BCUT2D eigenvalue weighted by atomic mass is 9.48. The number of aliphatic hydroxyl groups is 1. The lowest BCUT2D eigenvalue weighted by Crippen LogP contribution is -2.51. The monoisotopic (exact) mass is 391 g/mol. The first-order valence-electron chi connectivity index (χ1n) is 10.2. The highest BCUT2D eigenvalue weighted by Gasteiger charge is 2.73. The summed E-state index contributed by atoms with van der Waals surface area (Å²) >= 11 is 0. The van der Waals surface area contributed by atoms with Crippen molar-refractivity contribution in [2.45, 2.75) is 69.8 Å². The van der Waals surface area contributed by atoms with E-state index in [2.05, 4.69) is 17.7 Å². The van der Waals surface area contributed by atoms with E-state index in [0.717, 1.165) is 51.4 Å². The van der Waals surface area contributed by atoms with Crippen molar-refractivity contribution in [1.82, 2.24) is 4.72 Å². The summed E-state index contributed by atoms with van der Waals surface area (Å²) in [5.74, 6) is 1.54. The highest BCUT2D eigenvalue weighted by atomic mass is 32.2. The van der Waals surface area contributed by atoms with Gasteiger partial charge in [0.05, 0.1) is 5.60 Å². The van der Waals surface area contributed by atoms with Gasteiger partial charge in [-0.3, -0.25) is 0 Å². The highest BCUT2D eigenvalue weighted by molar-refractivity contribution is 7.85. The van der Waals surface area contributed by atoms with E-state index in [0.29, 0.717) is 17.6 Å². The van der Waals surface area contributed by atoms with E-state index in [1.807, 2.05) is 6.07 Å². The summed E-state index contributed by atoms with van der Waals surface area (Å²) in [6.45, 7) is 2.36. The molecule has 0 spiro atoms. The quantitative estimate of drug-likeness (QED) is 0.829. The molecule has 0 radical (unpaired) electrons. The molecular weight excluding hydrogens is 362 g/mol. The highest BCUT2D eigenvalue weighted by Crippen LogP contribution is 2.77. The molecule has 0 unspecified atom stereocenters. The third-order valence-corrected chi connectivity index (χ3v) is 9.85. The van der Waals surface area contributed by atoms with Gasteiger partial charge >= 0.3 is 10.3 Å². The predicted molar refractivity (Wildman–Crippen MR) is 103 cm³/mol. The molecule has 0 saturated heterocycles. The number of fused-ring (bicyclic) bond motifs is 3. The summed E-state index contributed by atoms with van der Waals surface area (Å²) in [4.78, 5) is 0. The SMILES string of the molecule is CNS(=O)(=O)Oc1ccc2c(c1)CC[C@@H]1[C@@H]2CC[C@]2(C)C3(O)CCC12CC3. The van der Waals surface area contributed by atoms with Crippen molar-refractivity contribution in [3.63, 3.8) is 0 Å². The van der Waals surface area contributed by atoms with Crippen LogP contribution in [0.25, 0.3) is 0 Å². The van der Waals surface area contributed by atoms with Crippen molar-refractivity contribution in [2.75, 3.05) is 7.05 Å². The minimum atomic E-state index is -3.74. The zero-order valence-electron chi connectivity index (χ0n) is 16.1. The maximum atomic E-state index is 11.7. The average molecular weight is 392 g/mol. The largest absolute Gasteiger partial charge is 0.389 e. The molecule has 2 N–H and O–H groups in total. The molecule has 0 heterocycles. The average Bonchev–Trinajstić information content (AvgIpc) is 3.02. The molecule has 3 fully saturated rings. The van der Waals surface area contributed by atoms with Gasteiger partial charge in [-0.25, -0.2) is 0 Å². The molecule has 3 atom stereocenters. The fraction of sp³-hybridized carbons (Fsp3) is 0.714. The van der Waals surface area contributed by atoms with E-state index >= 15 is 0 Å². The van der Waals surface area contributed by atoms with Gasteiger partial charge < -0.3 is 9.29 Å². The van der Waals surface area contributed by atoms with E-state index in [1.165, 1.54) is 18.2 Å². The van der Waals surface area contributed by atoms with Gasteiger partial charge in [-0.15, -0.1) is 0 Å². The lowest BCUT2D eigenvalue weighted by molar-refractivity contribution is -0.101. The topological polar surface area (TPSA) is 75.6 Å². The van der Waals surface area contributed by atoms with Crippen molar-refractivity contribution in [2.24, 2.45) is 16.7 Å². The molecule has 0 aromatic heterocycles. The molecule has 0 aliphatic heterocycles. The number of hydrogen-bond acceptors (Lipinski definition) is 4. The summed E-state index contributed by atoms with van der Waals surface area (Å²) in [7, 11) is -2.39. The Morgan fingerprint density at radius 3 is 2.59 bits per heavy atom. The van der Waals surface area contributed by atoms with Crippen LogP contribution in [0.3, 0.4) is 0 Å².